The first-order valence-electron chi connectivity index (χ1n) is 5.27. The molecular formula is C10H16N4O. The van der Waals surface area contributed by atoms with Gasteiger partial charge in [-0.3, -0.25) is 9.48 Å². The summed E-state index contributed by atoms with van der Waals surface area (Å²) in [5, 5.41) is 7.69. The average Bonchev–Trinajstić information content (AvgIpc) is 2.76. The van der Waals surface area contributed by atoms with Gasteiger partial charge in [0.2, 0.25) is 0 Å². The van der Waals surface area contributed by atoms with Crippen molar-refractivity contribution in [3.8, 4) is 0 Å². The molecule has 2 rings (SSSR count). The second-order valence-electron chi connectivity index (χ2n) is 4.35. The Morgan fingerprint density at radius 3 is 2.80 bits per heavy atom. The van der Waals surface area contributed by atoms with Crippen LogP contribution in [0.5, 0.6) is 0 Å². The van der Waals surface area contributed by atoms with E-state index in [4.69, 9.17) is 5.73 Å². The normalized spacial score (nSPS) is 19.3. The second-order valence-corrected chi connectivity index (χ2v) is 4.35. The van der Waals surface area contributed by atoms with Crippen LogP contribution in [0.4, 0.5) is 0 Å². The van der Waals surface area contributed by atoms with Crippen molar-refractivity contribution < 1.29 is 4.79 Å². The molecule has 1 aromatic rings. The molecule has 1 aliphatic rings. The van der Waals surface area contributed by atoms with Gasteiger partial charge in [-0.25, -0.2) is 0 Å². The van der Waals surface area contributed by atoms with E-state index in [0.29, 0.717) is 12.1 Å². The summed E-state index contributed by atoms with van der Waals surface area (Å²) >= 11 is 0. The molecule has 1 fully saturated rings. The molecule has 2 N–H and O–H groups in total. The van der Waals surface area contributed by atoms with Crippen LogP contribution < -0.4 is 5.73 Å². The fourth-order valence-electron chi connectivity index (χ4n) is 2.10. The van der Waals surface area contributed by atoms with E-state index in [-0.39, 0.29) is 5.78 Å². The van der Waals surface area contributed by atoms with Gasteiger partial charge in [0.25, 0.3) is 0 Å². The van der Waals surface area contributed by atoms with Crippen molar-refractivity contribution in [2.75, 3.05) is 0 Å². The van der Waals surface area contributed by atoms with Crippen molar-refractivity contribution in [2.45, 2.75) is 37.6 Å². The van der Waals surface area contributed by atoms with Gasteiger partial charge in [-0.1, -0.05) is 18.1 Å². The summed E-state index contributed by atoms with van der Waals surface area (Å²) in [7, 11) is 1.79. The Kier molecular flexibility index (Phi) is 2.56. The highest BCUT2D eigenvalue weighted by molar-refractivity contribution is 5.89. The zero-order valence-electron chi connectivity index (χ0n) is 8.94. The quantitative estimate of drug-likeness (QED) is 0.770. The van der Waals surface area contributed by atoms with Gasteiger partial charge in [0.1, 0.15) is 0 Å². The SMILES string of the molecule is Cn1cc(CC(=O)C2(N)CCCC2)nn1. The summed E-state index contributed by atoms with van der Waals surface area (Å²) in [5.74, 6) is 0.0977. The zero-order valence-corrected chi connectivity index (χ0v) is 8.94. The Bertz CT molecular complexity index is 365. The third-order valence-corrected chi connectivity index (χ3v) is 3.04. The molecule has 1 aliphatic carbocycles. The fourth-order valence-corrected chi connectivity index (χ4v) is 2.10. The molecule has 1 heterocycles. The van der Waals surface area contributed by atoms with Crippen LogP contribution in [0.25, 0.3) is 0 Å². The van der Waals surface area contributed by atoms with Crippen LogP contribution in [-0.4, -0.2) is 26.3 Å². The maximum absolute atomic E-state index is 11.9. The zero-order chi connectivity index (χ0) is 10.9. The van der Waals surface area contributed by atoms with Crippen LogP contribution in [0.3, 0.4) is 0 Å². The molecule has 5 heteroatoms. The Morgan fingerprint density at radius 2 is 2.27 bits per heavy atom. The van der Waals surface area contributed by atoms with Gasteiger partial charge < -0.3 is 5.73 Å². The Morgan fingerprint density at radius 1 is 1.60 bits per heavy atom. The van der Waals surface area contributed by atoms with E-state index in [1.807, 2.05) is 0 Å². The molecule has 0 amide bonds. The van der Waals surface area contributed by atoms with Crippen molar-refractivity contribution in [1.29, 1.82) is 0 Å². The number of aryl methyl sites for hydroxylation is 1. The van der Waals surface area contributed by atoms with Crippen molar-refractivity contribution in [3.63, 3.8) is 0 Å². The largest absolute Gasteiger partial charge is 0.319 e. The number of rotatable bonds is 3. The van der Waals surface area contributed by atoms with Crippen LogP contribution in [0.15, 0.2) is 6.20 Å². The summed E-state index contributed by atoms with van der Waals surface area (Å²) in [5.41, 5.74) is 6.16. The van der Waals surface area contributed by atoms with Crippen LogP contribution in [0.2, 0.25) is 0 Å². The molecule has 0 atom stereocenters. The maximum Gasteiger partial charge on any atom is 0.158 e. The lowest BCUT2D eigenvalue weighted by molar-refractivity contribution is -0.123. The maximum atomic E-state index is 11.9. The highest BCUT2D eigenvalue weighted by atomic mass is 16.1. The van der Waals surface area contributed by atoms with E-state index in [0.717, 1.165) is 25.7 Å². The van der Waals surface area contributed by atoms with Gasteiger partial charge in [-0.15, -0.1) is 5.10 Å². The summed E-state index contributed by atoms with van der Waals surface area (Å²) in [6.45, 7) is 0. The molecule has 0 bridgehead atoms. The van der Waals surface area contributed by atoms with Crippen molar-refractivity contribution in [1.82, 2.24) is 15.0 Å². The minimum Gasteiger partial charge on any atom is -0.319 e. The van der Waals surface area contributed by atoms with Crippen LogP contribution in [0.1, 0.15) is 31.4 Å². The van der Waals surface area contributed by atoms with E-state index in [9.17, 15) is 4.79 Å². The highest BCUT2D eigenvalue weighted by Crippen LogP contribution is 2.28. The van der Waals surface area contributed by atoms with E-state index in [1.54, 1.807) is 17.9 Å². The van der Waals surface area contributed by atoms with Crippen LogP contribution in [-0.2, 0) is 18.3 Å². The summed E-state index contributed by atoms with van der Waals surface area (Å²) in [6, 6.07) is 0. The third-order valence-electron chi connectivity index (χ3n) is 3.04. The molecule has 5 nitrogen and oxygen atoms in total. The number of ketones is 1. The van der Waals surface area contributed by atoms with Gasteiger partial charge >= 0.3 is 0 Å². The molecule has 0 unspecified atom stereocenters. The molecule has 1 aromatic heterocycles. The topological polar surface area (TPSA) is 73.8 Å². The Labute approximate surface area is 88.6 Å². The predicted molar refractivity (Wildman–Crippen MR) is 55.1 cm³/mol. The lowest BCUT2D eigenvalue weighted by Crippen LogP contribution is -2.46. The molecule has 82 valence electrons. The first-order chi connectivity index (χ1) is 7.10. The number of Topliss-reactive ketones (excluding diaryl/α,β-unsaturated/α-hetero) is 1. The molecule has 0 spiro atoms. The molecule has 0 aliphatic heterocycles. The van der Waals surface area contributed by atoms with Crippen molar-refractivity contribution in [3.05, 3.63) is 11.9 Å². The fraction of sp³-hybridized carbons (Fsp3) is 0.700. The van der Waals surface area contributed by atoms with Gasteiger partial charge in [-0.05, 0) is 12.8 Å². The number of hydrogen-bond donors (Lipinski definition) is 1. The molecule has 0 radical (unpaired) electrons. The minimum atomic E-state index is -0.600. The standard InChI is InChI=1S/C10H16N4O/c1-14-7-8(12-13-14)6-9(15)10(11)4-2-3-5-10/h7H,2-6,11H2,1H3. The number of hydrogen-bond acceptors (Lipinski definition) is 4. The summed E-state index contributed by atoms with van der Waals surface area (Å²) in [6.07, 6.45) is 5.81. The van der Waals surface area contributed by atoms with Crippen LogP contribution in [0, 0.1) is 0 Å². The van der Waals surface area contributed by atoms with Crippen molar-refractivity contribution >= 4 is 5.78 Å². The molecular weight excluding hydrogens is 192 g/mol. The van der Waals surface area contributed by atoms with Gasteiger partial charge in [0, 0.05) is 13.2 Å². The Balaban J connectivity index is 2.03. The second kappa shape index (κ2) is 3.73. The first-order valence-corrected chi connectivity index (χ1v) is 5.27. The number of nitrogens with zero attached hydrogens (tertiary/aromatic N) is 3. The van der Waals surface area contributed by atoms with Gasteiger partial charge in [0.15, 0.2) is 5.78 Å². The molecule has 0 saturated heterocycles. The molecule has 0 aromatic carbocycles. The van der Waals surface area contributed by atoms with E-state index >= 15 is 0 Å². The summed E-state index contributed by atoms with van der Waals surface area (Å²) < 4.78 is 1.60. The minimum absolute atomic E-state index is 0.0977. The average molecular weight is 208 g/mol. The van der Waals surface area contributed by atoms with E-state index in [1.165, 1.54) is 0 Å². The molecule has 1 saturated carbocycles. The summed E-state index contributed by atoms with van der Waals surface area (Å²) in [4.78, 5) is 11.9. The lowest BCUT2D eigenvalue weighted by Gasteiger charge is -2.20. The Hall–Kier alpha value is -1.23. The van der Waals surface area contributed by atoms with Gasteiger partial charge in [0.05, 0.1) is 17.7 Å². The van der Waals surface area contributed by atoms with E-state index < -0.39 is 5.54 Å². The van der Waals surface area contributed by atoms with Crippen molar-refractivity contribution in [2.24, 2.45) is 12.8 Å². The monoisotopic (exact) mass is 208 g/mol. The predicted octanol–water partition coefficient (Wildman–Crippen LogP) is 0.198. The van der Waals surface area contributed by atoms with Crippen LogP contribution >= 0.6 is 0 Å². The van der Waals surface area contributed by atoms with E-state index in [2.05, 4.69) is 10.3 Å². The number of carbonyl (C=O) groups is 1. The number of aromatic nitrogens is 3. The smallest absolute Gasteiger partial charge is 0.158 e. The first kappa shape index (κ1) is 10.3. The molecule has 15 heavy (non-hydrogen) atoms. The highest BCUT2D eigenvalue weighted by Gasteiger charge is 2.36. The van der Waals surface area contributed by atoms with Gasteiger partial charge in [-0.2, -0.15) is 0 Å². The number of carbonyl (C=O) groups excluding carboxylic acids is 1. The third kappa shape index (κ3) is 2.07. The number of nitrogens with two attached hydrogens (primary N) is 1. The lowest BCUT2D eigenvalue weighted by atomic mass is 9.91.